The van der Waals surface area contributed by atoms with Crippen LogP contribution in [0.3, 0.4) is 0 Å². The second kappa shape index (κ2) is 19.7. The minimum absolute atomic E-state index is 0.0829. The quantitative estimate of drug-likeness (QED) is 0.131. The van der Waals surface area contributed by atoms with Gasteiger partial charge in [-0.2, -0.15) is 0 Å². The number of carbonyl (C=O) groups is 2. The van der Waals surface area contributed by atoms with Crippen LogP contribution in [0.5, 0.6) is 34.5 Å². The van der Waals surface area contributed by atoms with Crippen LogP contribution < -0.4 is 28.4 Å². The zero-order valence-corrected chi connectivity index (χ0v) is 36.0. The second-order valence-corrected chi connectivity index (χ2v) is 16.1. The molecule has 60 heavy (non-hydrogen) atoms. The molecule has 3 aliphatic rings. The molecule has 1 saturated carbocycles. The maximum Gasteiger partial charge on any atom is 0.253 e. The van der Waals surface area contributed by atoms with Crippen LogP contribution in [0.25, 0.3) is 22.3 Å². The third kappa shape index (κ3) is 9.61. The van der Waals surface area contributed by atoms with Gasteiger partial charge in [0.1, 0.15) is 0 Å². The number of amides is 2. The predicted molar refractivity (Wildman–Crippen MR) is 233 cm³/mol. The Morgan fingerprint density at radius 2 is 0.733 bits per heavy atom. The van der Waals surface area contributed by atoms with Crippen LogP contribution >= 0.6 is 0 Å². The van der Waals surface area contributed by atoms with Crippen molar-refractivity contribution >= 4 is 11.8 Å². The van der Waals surface area contributed by atoms with Crippen molar-refractivity contribution in [3.05, 3.63) is 83.9 Å². The van der Waals surface area contributed by atoms with Crippen molar-refractivity contribution in [3.63, 3.8) is 0 Å². The highest BCUT2D eigenvalue weighted by atomic mass is 16.5. The van der Waals surface area contributed by atoms with Crippen LogP contribution in [0.4, 0.5) is 0 Å². The summed E-state index contributed by atoms with van der Waals surface area (Å²) in [6.45, 7) is 8.87. The summed E-state index contributed by atoms with van der Waals surface area (Å²) in [5.74, 6) is 5.05. The molecule has 3 fully saturated rings. The van der Waals surface area contributed by atoms with E-state index in [2.05, 4.69) is 9.80 Å². The van der Waals surface area contributed by atoms with Crippen molar-refractivity contribution in [3.8, 4) is 56.8 Å². The van der Waals surface area contributed by atoms with E-state index in [1.807, 2.05) is 82.6 Å². The number of hydrogen-bond donors (Lipinski definition) is 0. The Morgan fingerprint density at radius 1 is 0.433 bits per heavy atom. The lowest BCUT2D eigenvalue weighted by molar-refractivity contribution is 0.0555. The van der Waals surface area contributed by atoms with Crippen LogP contribution in [0.1, 0.15) is 46.4 Å². The first-order valence-corrected chi connectivity index (χ1v) is 21.1. The largest absolute Gasteiger partial charge is 0.493 e. The molecule has 4 aromatic carbocycles. The first-order chi connectivity index (χ1) is 29.2. The number of ether oxygens (including phenoxy) is 6. The summed E-state index contributed by atoms with van der Waals surface area (Å²) in [4.78, 5) is 36.0. The minimum Gasteiger partial charge on any atom is -0.493 e. The van der Waals surface area contributed by atoms with Gasteiger partial charge in [0, 0.05) is 76.6 Å². The van der Waals surface area contributed by atoms with E-state index in [-0.39, 0.29) is 11.8 Å². The molecular formula is C48H60N4O8. The fourth-order valence-corrected chi connectivity index (χ4v) is 9.07. The van der Waals surface area contributed by atoms with Crippen molar-refractivity contribution in [2.45, 2.75) is 25.7 Å². The van der Waals surface area contributed by atoms with E-state index in [1.165, 1.54) is 25.7 Å². The van der Waals surface area contributed by atoms with Crippen molar-refractivity contribution in [2.75, 3.05) is 108 Å². The summed E-state index contributed by atoms with van der Waals surface area (Å²) in [7, 11) is 9.60. The van der Waals surface area contributed by atoms with Gasteiger partial charge in [0.15, 0.2) is 23.0 Å². The van der Waals surface area contributed by atoms with Gasteiger partial charge in [-0.05, 0) is 108 Å². The average molecular weight is 821 g/mol. The van der Waals surface area contributed by atoms with Crippen molar-refractivity contribution in [1.82, 2.24) is 19.6 Å². The summed E-state index contributed by atoms with van der Waals surface area (Å²) in [5, 5.41) is 0. The minimum atomic E-state index is 0.0829. The summed E-state index contributed by atoms with van der Waals surface area (Å²) < 4.78 is 33.0. The number of nitrogens with zero attached hydrogens (tertiary/aromatic N) is 4. The van der Waals surface area contributed by atoms with E-state index in [0.717, 1.165) is 87.7 Å². The Labute approximate surface area is 354 Å². The van der Waals surface area contributed by atoms with Gasteiger partial charge in [-0.25, -0.2) is 0 Å². The van der Waals surface area contributed by atoms with E-state index < -0.39 is 0 Å². The van der Waals surface area contributed by atoms with Gasteiger partial charge < -0.3 is 38.2 Å². The Hall–Kier alpha value is -5.46. The number of rotatable bonds is 14. The highest BCUT2D eigenvalue weighted by molar-refractivity contribution is 5.95. The second-order valence-electron chi connectivity index (χ2n) is 16.1. The van der Waals surface area contributed by atoms with E-state index in [1.54, 1.807) is 42.7 Å². The van der Waals surface area contributed by atoms with Gasteiger partial charge in [0.25, 0.3) is 11.8 Å². The number of hydrogen-bond acceptors (Lipinski definition) is 10. The monoisotopic (exact) mass is 820 g/mol. The zero-order valence-electron chi connectivity index (χ0n) is 36.0. The van der Waals surface area contributed by atoms with Crippen LogP contribution in [-0.2, 0) is 0 Å². The Morgan fingerprint density at radius 3 is 1.00 bits per heavy atom. The molecule has 7 rings (SSSR count). The van der Waals surface area contributed by atoms with E-state index in [9.17, 15) is 9.59 Å². The molecule has 0 spiro atoms. The van der Waals surface area contributed by atoms with Gasteiger partial charge in [-0.3, -0.25) is 19.4 Å². The summed E-state index contributed by atoms with van der Waals surface area (Å²) in [6, 6.07) is 23.2. The molecule has 1 aliphatic carbocycles. The maximum atomic E-state index is 13.5. The molecular weight excluding hydrogens is 761 g/mol. The molecule has 2 aliphatic heterocycles. The molecule has 320 valence electrons. The zero-order chi connectivity index (χ0) is 42.2. The molecule has 0 aromatic heterocycles. The highest BCUT2D eigenvalue weighted by Crippen LogP contribution is 2.42. The third-order valence-corrected chi connectivity index (χ3v) is 12.6. The molecule has 12 heteroatoms. The number of piperazine rings is 2. The Bertz CT molecular complexity index is 1870. The van der Waals surface area contributed by atoms with Crippen molar-refractivity contribution in [1.29, 1.82) is 0 Å². The van der Waals surface area contributed by atoms with Gasteiger partial charge in [0.05, 0.1) is 42.7 Å². The molecule has 0 radical (unpaired) electrons. The molecule has 0 N–H and O–H groups in total. The lowest BCUT2D eigenvalue weighted by Crippen LogP contribution is -2.50. The molecule has 12 nitrogen and oxygen atoms in total. The van der Waals surface area contributed by atoms with Gasteiger partial charge in [-0.15, -0.1) is 0 Å². The smallest absolute Gasteiger partial charge is 0.253 e. The van der Waals surface area contributed by atoms with Gasteiger partial charge in [-0.1, -0.05) is 24.3 Å². The molecule has 0 unspecified atom stereocenters. The Balaban J connectivity index is 0.812. The lowest BCUT2D eigenvalue weighted by atomic mass is 9.81. The topological polar surface area (TPSA) is 102 Å². The fourth-order valence-electron chi connectivity index (χ4n) is 9.07. The third-order valence-electron chi connectivity index (χ3n) is 12.6. The maximum absolute atomic E-state index is 13.5. The van der Waals surface area contributed by atoms with Crippen molar-refractivity contribution in [2.24, 2.45) is 11.8 Å². The molecule has 4 aromatic rings. The fraction of sp³-hybridized carbons (Fsp3) is 0.458. The van der Waals surface area contributed by atoms with Crippen LogP contribution in [0.15, 0.2) is 72.8 Å². The first-order valence-electron chi connectivity index (χ1n) is 21.1. The van der Waals surface area contributed by atoms with Crippen LogP contribution in [-0.4, -0.2) is 140 Å². The molecule has 2 saturated heterocycles. The lowest BCUT2D eigenvalue weighted by Gasteiger charge is -2.40. The molecule has 2 amide bonds. The highest BCUT2D eigenvalue weighted by Gasteiger charge is 2.29. The molecule has 0 bridgehead atoms. The summed E-state index contributed by atoms with van der Waals surface area (Å²) >= 11 is 0. The van der Waals surface area contributed by atoms with Gasteiger partial charge >= 0.3 is 0 Å². The molecule has 2 heterocycles. The van der Waals surface area contributed by atoms with E-state index in [4.69, 9.17) is 28.4 Å². The van der Waals surface area contributed by atoms with Crippen LogP contribution in [0.2, 0.25) is 0 Å². The number of benzene rings is 4. The summed E-state index contributed by atoms with van der Waals surface area (Å²) in [6.07, 6.45) is 5.03. The van der Waals surface area contributed by atoms with Crippen molar-refractivity contribution < 1.29 is 38.0 Å². The normalized spacial score (nSPS) is 18.8. The van der Waals surface area contributed by atoms with Gasteiger partial charge in [0.2, 0.25) is 11.5 Å². The Kier molecular flexibility index (Phi) is 14.0. The first kappa shape index (κ1) is 42.7. The predicted octanol–water partition coefficient (Wildman–Crippen LogP) is 7.09. The number of methoxy groups -OCH3 is 6. The standard InChI is InChI=1S/C48H60N4O8/c1-55-41-27-39(28-42(56-2)45(41)59-5)35-11-15-37(16-12-35)47(53)51-23-19-49(20-24-51)31-33-7-9-34(10-8-33)32-50-21-25-52(26-22-50)48(54)38-17-13-36(14-18-38)40-29-43(57-3)46(60-6)44(30-40)58-4/h11-18,27-30,33-34H,7-10,19-26,31-32H2,1-6H3. The van der Waals surface area contributed by atoms with Crippen LogP contribution in [0, 0.1) is 11.8 Å². The number of carbonyl (C=O) groups excluding carboxylic acids is 2. The SMILES string of the molecule is COc1cc(-c2ccc(C(=O)N3CCN(CC4CCC(CN5CCN(C(=O)c6ccc(-c7cc(OC)c(OC)c(OC)c7)cc6)CC5)CC4)CC3)cc2)cc(OC)c1OC. The molecule has 0 atom stereocenters. The van der Waals surface area contributed by atoms with E-state index >= 15 is 0 Å². The summed E-state index contributed by atoms with van der Waals surface area (Å²) in [5.41, 5.74) is 5.18. The van der Waals surface area contributed by atoms with E-state index in [0.29, 0.717) is 57.5 Å². The average Bonchev–Trinajstić information content (AvgIpc) is 3.31.